The van der Waals surface area contributed by atoms with Gasteiger partial charge in [-0.25, -0.2) is 0 Å². The van der Waals surface area contributed by atoms with Crippen LogP contribution in [0.3, 0.4) is 0 Å². The molecule has 0 fully saturated rings. The standard InChI is InChI=1S/C15H19N3O2/c1-12(20-11-13-6-4-3-5-7-13)15(19)18(2)10-14-8-16-17-9-14/h3-9,12H,10-11H2,1-2H3,(H,16,17). The first-order chi connectivity index (χ1) is 9.66. The van der Waals surface area contributed by atoms with Crippen molar-refractivity contribution in [1.29, 1.82) is 0 Å². The summed E-state index contributed by atoms with van der Waals surface area (Å²) in [6.07, 6.45) is 3.02. The summed E-state index contributed by atoms with van der Waals surface area (Å²) in [7, 11) is 1.76. The van der Waals surface area contributed by atoms with Gasteiger partial charge in [-0.3, -0.25) is 9.89 Å². The maximum Gasteiger partial charge on any atom is 0.251 e. The Labute approximate surface area is 118 Å². The molecule has 1 heterocycles. The Hall–Kier alpha value is -2.14. The molecule has 0 aliphatic heterocycles. The van der Waals surface area contributed by atoms with E-state index in [1.807, 2.05) is 30.3 Å². The number of benzene rings is 1. The molecule has 5 nitrogen and oxygen atoms in total. The molecule has 0 saturated carbocycles. The second-order valence-electron chi connectivity index (χ2n) is 4.74. The molecule has 106 valence electrons. The molecule has 0 bridgehead atoms. The van der Waals surface area contributed by atoms with Crippen molar-refractivity contribution in [3.05, 3.63) is 53.9 Å². The fraction of sp³-hybridized carbons (Fsp3) is 0.333. The van der Waals surface area contributed by atoms with E-state index >= 15 is 0 Å². The van der Waals surface area contributed by atoms with Crippen LogP contribution in [0.1, 0.15) is 18.1 Å². The lowest BCUT2D eigenvalue weighted by atomic mass is 10.2. The minimum Gasteiger partial charge on any atom is -0.364 e. The largest absolute Gasteiger partial charge is 0.364 e. The van der Waals surface area contributed by atoms with E-state index in [4.69, 9.17) is 4.74 Å². The third-order valence-corrected chi connectivity index (χ3v) is 3.04. The SMILES string of the molecule is CC(OCc1ccccc1)C(=O)N(C)Cc1cn[nH]c1. The molecule has 2 rings (SSSR count). The molecule has 0 aliphatic rings. The van der Waals surface area contributed by atoms with Gasteiger partial charge < -0.3 is 9.64 Å². The van der Waals surface area contributed by atoms with Crippen LogP contribution < -0.4 is 0 Å². The molecule has 0 radical (unpaired) electrons. The minimum absolute atomic E-state index is 0.0397. The van der Waals surface area contributed by atoms with Gasteiger partial charge in [0, 0.05) is 25.4 Å². The summed E-state index contributed by atoms with van der Waals surface area (Å²) in [5.74, 6) is -0.0397. The lowest BCUT2D eigenvalue weighted by Gasteiger charge is -2.21. The summed E-state index contributed by atoms with van der Waals surface area (Å²) in [5, 5.41) is 6.59. The van der Waals surface area contributed by atoms with E-state index in [1.165, 1.54) is 0 Å². The van der Waals surface area contributed by atoms with Crippen molar-refractivity contribution >= 4 is 5.91 Å². The maximum atomic E-state index is 12.2. The Balaban J connectivity index is 1.82. The number of hydrogen-bond donors (Lipinski definition) is 1. The van der Waals surface area contributed by atoms with Crippen LogP contribution in [0.2, 0.25) is 0 Å². The van der Waals surface area contributed by atoms with Gasteiger partial charge in [-0.2, -0.15) is 5.10 Å². The third kappa shape index (κ3) is 3.93. The number of likely N-dealkylation sites (N-methyl/N-ethyl adjacent to an activating group) is 1. The predicted octanol–water partition coefficient (Wildman–Crippen LogP) is 1.97. The van der Waals surface area contributed by atoms with Crippen molar-refractivity contribution in [3.8, 4) is 0 Å². The van der Waals surface area contributed by atoms with Crippen molar-refractivity contribution in [1.82, 2.24) is 15.1 Å². The molecule has 0 aliphatic carbocycles. The summed E-state index contributed by atoms with van der Waals surface area (Å²) < 4.78 is 5.62. The van der Waals surface area contributed by atoms with Crippen LogP contribution in [0.4, 0.5) is 0 Å². The number of carbonyl (C=O) groups excluding carboxylic acids is 1. The number of carbonyl (C=O) groups is 1. The van der Waals surface area contributed by atoms with Gasteiger partial charge in [0.15, 0.2) is 0 Å². The number of nitrogens with one attached hydrogen (secondary N) is 1. The van der Waals surface area contributed by atoms with E-state index in [0.29, 0.717) is 13.2 Å². The average Bonchev–Trinajstić information content (AvgIpc) is 2.98. The Morgan fingerprint density at radius 1 is 1.35 bits per heavy atom. The highest BCUT2D eigenvalue weighted by atomic mass is 16.5. The molecule has 5 heteroatoms. The molecule has 2 aromatic rings. The van der Waals surface area contributed by atoms with Gasteiger partial charge in [-0.15, -0.1) is 0 Å². The quantitative estimate of drug-likeness (QED) is 0.875. The number of amides is 1. The van der Waals surface area contributed by atoms with Crippen LogP contribution in [-0.2, 0) is 22.7 Å². The number of hydrogen-bond acceptors (Lipinski definition) is 3. The fourth-order valence-electron chi connectivity index (χ4n) is 1.89. The smallest absolute Gasteiger partial charge is 0.251 e. The summed E-state index contributed by atoms with van der Waals surface area (Å²) >= 11 is 0. The monoisotopic (exact) mass is 273 g/mol. The van der Waals surface area contributed by atoms with E-state index < -0.39 is 6.10 Å². The van der Waals surface area contributed by atoms with E-state index in [9.17, 15) is 4.79 Å². The normalized spacial score (nSPS) is 12.1. The first-order valence-electron chi connectivity index (χ1n) is 6.55. The zero-order chi connectivity index (χ0) is 14.4. The lowest BCUT2D eigenvalue weighted by molar-refractivity contribution is -0.142. The number of rotatable bonds is 6. The van der Waals surface area contributed by atoms with Crippen LogP contribution in [-0.4, -0.2) is 34.2 Å². The van der Waals surface area contributed by atoms with Gasteiger partial charge in [0.2, 0.25) is 0 Å². The molecule has 1 aromatic heterocycles. The highest BCUT2D eigenvalue weighted by molar-refractivity contribution is 5.80. The minimum atomic E-state index is -0.466. The molecule has 1 unspecified atom stereocenters. The zero-order valence-corrected chi connectivity index (χ0v) is 11.7. The topological polar surface area (TPSA) is 58.2 Å². The Bertz CT molecular complexity index is 525. The summed E-state index contributed by atoms with van der Waals surface area (Å²) in [6.45, 7) is 2.73. The van der Waals surface area contributed by atoms with E-state index in [-0.39, 0.29) is 5.91 Å². The second-order valence-corrected chi connectivity index (χ2v) is 4.74. The van der Waals surface area contributed by atoms with Crippen LogP contribution in [0, 0.1) is 0 Å². The highest BCUT2D eigenvalue weighted by Gasteiger charge is 2.18. The van der Waals surface area contributed by atoms with Crippen molar-refractivity contribution in [2.75, 3.05) is 7.05 Å². The molecule has 1 N–H and O–H groups in total. The molecule has 0 spiro atoms. The van der Waals surface area contributed by atoms with E-state index in [2.05, 4.69) is 10.2 Å². The lowest BCUT2D eigenvalue weighted by Crippen LogP contribution is -2.35. The molecule has 0 saturated heterocycles. The first-order valence-corrected chi connectivity index (χ1v) is 6.55. The molecule has 1 atom stereocenters. The molecular weight excluding hydrogens is 254 g/mol. The van der Waals surface area contributed by atoms with Crippen molar-refractivity contribution < 1.29 is 9.53 Å². The molecule has 1 aromatic carbocycles. The van der Waals surface area contributed by atoms with Crippen LogP contribution in [0.25, 0.3) is 0 Å². The number of nitrogens with zero attached hydrogens (tertiary/aromatic N) is 2. The van der Waals surface area contributed by atoms with Gasteiger partial charge in [0.25, 0.3) is 5.91 Å². The number of ether oxygens (including phenoxy) is 1. The third-order valence-electron chi connectivity index (χ3n) is 3.04. The van der Waals surface area contributed by atoms with E-state index in [0.717, 1.165) is 11.1 Å². The van der Waals surface area contributed by atoms with Crippen molar-refractivity contribution in [2.45, 2.75) is 26.2 Å². The molecule has 1 amide bonds. The Kier molecular flexibility index (Phi) is 4.90. The molecular formula is C15H19N3O2. The number of aromatic amines is 1. The van der Waals surface area contributed by atoms with Crippen molar-refractivity contribution in [3.63, 3.8) is 0 Å². The summed E-state index contributed by atoms with van der Waals surface area (Å²) in [5.41, 5.74) is 2.03. The average molecular weight is 273 g/mol. The fourth-order valence-corrected chi connectivity index (χ4v) is 1.89. The van der Waals surface area contributed by atoms with Gasteiger partial charge in [-0.05, 0) is 12.5 Å². The van der Waals surface area contributed by atoms with Crippen LogP contribution >= 0.6 is 0 Å². The van der Waals surface area contributed by atoms with Gasteiger partial charge >= 0.3 is 0 Å². The van der Waals surface area contributed by atoms with Gasteiger partial charge in [0.1, 0.15) is 6.10 Å². The second kappa shape index (κ2) is 6.86. The van der Waals surface area contributed by atoms with Crippen LogP contribution in [0.5, 0.6) is 0 Å². The van der Waals surface area contributed by atoms with Gasteiger partial charge in [0.05, 0.1) is 12.8 Å². The highest BCUT2D eigenvalue weighted by Crippen LogP contribution is 2.07. The van der Waals surface area contributed by atoms with Crippen molar-refractivity contribution in [2.24, 2.45) is 0 Å². The number of H-pyrrole nitrogens is 1. The summed E-state index contributed by atoms with van der Waals surface area (Å²) in [6, 6.07) is 9.82. The van der Waals surface area contributed by atoms with E-state index in [1.54, 1.807) is 31.3 Å². The van der Waals surface area contributed by atoms with Crippen LogP contribution in [0.15, 0.2) is 42.7 Å². The molecule has 20 heavy (non-hydrogen) atoms. The number of aromatic nitrogens is 2. The zero-order valence-electron chi connectivity index (χ0n) is 11.7. The Morgan fingerprint density at radius 2 is 2.10 bits per heavy atom. The predicted molar refractivity (Wildman–Crippen MR) is 75.8 cm³/mol. The van der Waals surface area contributed by atoms with Gasteiger partial charge in [-0.1, -0.05) is 30.3 Å². The first kappa shape index (κ1) is 14.3. The summed E-state index contributed by atoms with van der Waals surface area (Å²) in [4.78, 5) is 13.8. The Morgan fingerprint density at radius 3 is 2.75 bits per heavy atom. The maximum absolute atomic E-state index is 12.2.